The lowest BCUT2D eigenvalue weighted by Gasteiger charge is -2.35. The second-order valence-corrected chi connectivity index (χ2v) is 4.69. The summed E-state index contributed by atoms with van der Waals surface area (Å²) in [4.78, 5) is 22.1. The van der Waals surface area contributed by atoms with Gasteiger partial charge < -0.3 is 15.0 Å². The summed E-state index contributed by atoms with van der Waals surface area (Å²) in [5.41, 5.74) is 0. The Labute approximate surface area is 114 Å². The third-order valence-electron chi connectivity index (χ3n) is 2.70. The minimum atomic E-state index is -0.333. The summed E-state index contributed by atoms with van der Waals surface area (Å²) < 4.78 is 6.08. The molecule has 6 nitrogen and oxygen atoms in total. The van der Waals surface area contributed by atoms with E-state index in [1.54, 1.807) is 6.07 Å². The van der Waals surface area contributed by atoms with Gasteiger partial charge in [-0.1, -0.05) is 0 Å². The standard InChI is InChI=1S/C11H15BrN4O2/c1-2-13-11(17)8-6-18-4-3-16(8)10-5-9(12)14-7-15-10/h5,7-8H,2-4,6H2,1H3,(H,13,17). The molecule has 1 amide bonds. The second kappa shape index (κ2) is 6.10. The number of ether oxygens (including phenoxy) is 1. The highest BCUT2D eigenvalue weighted by Crippen LogP contribution is 2.19. The van der Waals surface area contributed by atoms with Gasteiger partial charge in [0, 0.05) is 19.2 Å². The van der Waals surface area contributed by atoms with Gasteiger partial charge in [0.1, 0.15) is 22.8 Å². The summed E-state index contributed by atoms with van der Waals surface area (Å²) in [6.07, 6.45) is 1.48. The molecule has 2 rings (SSSR count). The zero-order valence-electron chi connectivity index (χ0n) is 10.1. The first-order valence-corrected chi connectivity index (χ1v) is 6.61. The molecule has 0 spiro atoms. The van der Waals surface area contributed by atoms with Crippen LogP contribution in [0.5, 0.6) is 0 Å². The number of nitrogens with one attached hydrogen (secondary N) is 1. The molecule has 2 heterocycles. The molecule has 0 aromatic carbocycles. The number of halogens is 1. The number of likely N-dealkylation sites (N-methyl/N-ethyl adjacent to an activating group) is 1. The largest absolute Gasteiger partial charge is 0.377 e. The molecular formula is C11H15BrN4O2. The number of rotatable bonds is 3. The van der Waals surface area contributed by atoms with E-state index in [1.165, 1.54) is 6.33 Å². The van der Waals surface area contributed by atoms with E-state index in [0.29, 0.717) is 30.9 Å². The van der Waals surface area contributed by atoms with Crippen LogP contribution in [0.2, 0.25) is 0 Å². The van der Waals surface area contributed by atoms with Crippen LogP contribution in [-0.4, -0.2) is 48.2 Å². The summed E-state index contributed by atoms with van der Waals surface area (Å²) in [6, 6.07) is 1.47. The minimum Gasteiger partial charge on any atom is -0.377 e. The Kier molecular flexibility index (Phi) is 4.48. The Bertz CT molecular complexity index is 429. The summed E-state index contributed by atoms with van der Waals surface area (Å²) in [7, 11) is 0. The summed E-state index contributed by atoms with van der Waals surface area (Å²) in [5.74, 6) is 0.698. The van der Waals surface area contributed by atoms with Gasteiger partial charge in [0.15, 0.2) is 0 Å². The van der Waals surface area contributed by atoms with Gasteiger partial charge >= 0.3 is 0 Å². The van der Waals surface area contributed by atoms with Crippen molar-refractivity contribution in [2.45, 2.75) is 13.0 Å². The van der Waals surface area contributed by atoms with Crippen LogP contribution in [0, 0.1) is 0 Å². The Balaban J connectivity index is 2.20. The number of morpholine rings is 1. The summed E-state index contributed by atoms with van der Waals surface area (Å²) >= 11 is 3.31. The van der Waals surface area contributed by atoms with Gasteiger partial charge in [-0.3, -0.25) is 4.79 Å². The molecule has 1 aliphatic heterocycles. The lowest BCUT2D eigenvalue weighted by Crippen LogP contribution is -2.54. The first kappa shape index (κ1) is 13.2. The van der Waals surface area contributed by atoms with E-state index in [0.717, 1.165) is 5.82 Å². The smallest absolute Gasteiger partial charge is 0.245 e. The molecule has 98 valence electrons. The van der Waals surface area contributed by atoms with E-state index in [4.69, 9.17) is 4.74 Å². The van der Waals surface area contributed by atoms with Crippen LogP contribution in [0.15, 0.2) is 17.0 Å². The predicted molar refractivity (Wildman–Crippen MR) is 70.4 cm³/mol. The van der Waals surface area contributed by atoms with Crippen LogP contribution >= 0.6 is 15.9 Å². The maximum atomic E-state index is 12.0. The Morgan fingerprint density at radius 1 is 1.67 bits per heavy atom. The molecule has 1 unspecified atom stereocenters. The molecule has 0 saturated carbocycles. The summed E-state index contributed by atoms with van der Waals surface area (Å²) in [5, 5.41) is 2.81. The number of aromatic nitrogens is 2. The van der Waals surface area contributed by atoms with Gasteiger partial charge in [-0.05, 0) is 22.9 Å². The maximum Gasteiger partial charge on any atom is 0.245 e. The third kappa shape index (κ3) is 2.97. The number of amides is 1. The fourth-order valence-corrected chi connectivity index (χ4v) is 2.16. The van der Waals surface area contributed by atoms with Gasteiger partial charge in [-0.2, -0.15) is 0 Å². The number of hydrogen-bond acceptors (Lipinski definition) is 5. The predicted octanol–water partition coefficient (Wildman–Crippen LogP) is 0.580. The molecule has 0 bridgehead atoms. The maximum absolute atomic E-state index is 12.0. The fraction of sp³-hybridized carbons (Fsp3) is 0.545. The molecule has 1 saturated heterocycles. The van der Waals surface area contributed by atoms with Gasteiger partial charge in [0.25, 0.3) is 0 Å². The monoisotopic (exact) mass is 314 g/mol. The highest BCUT2D eigenvalue weighted by molar-refractivity contribution is 9.10. The molecule has 18 heavy (non-hydrogen) atoms. The van der Waals surface area contributed by atoms with Gasteiger partial charge in [0.2, 0.25) is 5.91 Å². The molecule has 1 fully saturated rings. The number of anilines is 1. The Morgan fingerprint density at radius 3 is 3.22 bits per heavy atom. The van der Waals surface area contributed by atoms with Crippen molar-refractivity contribution < 1.29 is 9.53 Å². The van der Waals surface area contributed by atoms with E-state index < -0.39 is 0 Å². The lowest BCUT2D eigenvalue weighted by molar-refractivity contribution is -0.124. The normalized spacial score (nSPS) is 19.7. The Hall–Kier alpha value is -1.21. The first-order valence-electron chi connectivity index (χ1n) is 5.82. The molecule has 1 aromatic heterocycles. The number of hydrogen-bond donors (Lipinski definition) is 1. The van der Waals surface area contributed by atoms with Crippen molar-refractivity contribution in [1.29, 1.82) is 0 Å². The zero-order chi connectivity index (χ0) is 13.0. The van der Waals surface area contributed by atoms with Crippen LogP contribution in [0.25, 0.3) is 0 Å². The average molecular weight is 315 g/mol. The van der Waals surface area contributed by atoms with Crippen LogP contribution in [-0.2, 0) is 9.53 Å². The van der Waals surface area contributed by atoms with Crippen molar-refractivity contribution >= 4 is 27.7 Å². The topological polar surface area (TPSA) is 67.3 Å². The van der Waals surface area contributed by atoms with Crippen molar-refractivity contribution in [3.63, 3.8) is 0 Å². The highest BCUT2D eigenvalue weighted by Gasteiger charge is 2.30. The second-order valence-electron chi connectivity index (χ2n) is 3.88. The molecule has 1 atom stereocenters. The van der Waals surface area contributed by atoms with Crippen LogP contribution in [0.1, 0.15) is 6.92 Å². The van der Waals surface area contributed by atoms with Gasteiger partial charge in [0.05, 0.1) is 13.2 Å². The molecule has 1 aliphatic rings. The SMILES string of the molecule is CCNC(=O)C1COCCN1c1cc(Br)ncn1. The molecular weight excluding hydrogens is 300 g/mol. The third-order valence-corrected chi connectivity index (χ3v) is 3.13. The minimum absolute atomic E-state index is 0.0352. The fourth-order valence-electron chi connectivity index (χ4n) is 1.87. The van der Waals surface area contributed by atoms with Crippen molar-refractivity contribution in [1.82, 2.24) is 15.3 Å². The molecule has 1 aromatic rings. The molecule has 0 radical (unpaired) electrons. The lowest BCUT2D eigenvalue weighted by atomic mass is 10.2. The van der Waals surface area contributed by atoms with E-state index in [9.17, 15) is 4.79 Å². The molecule has 7 heteroatoms. The van der Waals surface area contributed by atoms with E-state index in [-0.39, 0.29) is 11.9 Å². The van der Waals surface area contributed by atoms with Crippen LogP contribution < -0.4 is 10.2 Å². The van der Waals surface area contributed by atoms with Crippen molar-refractivity contribution in [3.8, 4) is 0 Å². The van der Waals surface area contributed by atoms with Crippen molar-refractivity contribution in [2.75, 3.05) is 31.2 Å². The van der Waals surface area contributed by atoms with E-state index in [1.807, 2.05) is 11.8 Å². The number of nitrogens with zero attached hydrogens (tertiary/aromatic N) is 3. The number of carbonyl (C=O) groups excluding carboxylic acids is 1. The average Bonchev–Trinajstić information content (AvgIpc) is 2.39. The highest BCUT2D eigenvalue weighted by atomic mass is 79.9. The Morgan fingerprint density at radius 2 is 2.50 bits per heavy atom. The first-order chi connectivity index (χ1) is 8.72. The zero-order valence-corrected chi connectivity index (χ0v) is 11.7. The van der Waals surface area contributed by atoms with Gasteiger partial charge in [-0.25, -0.2) is 9.97 Å². The van der Waals surface area contributed by atoms with E-state index >= 15 is 0 Å². The van der Waals surface area contributed by atoms with Crippen LogP contribution in [0.4, 0.5) is 5.82 Å². The van der Waals surface area contributed by atoms with Crippen molar-refractivity contribution in [3.05, 3.63) is 17.0 Å². The quantitative estimate of drug-likeness (QED) is 0.827. The summed E-state index contributed by atoms with van der Waals surface area (Å²) in [6.45, 7) is 4.13. The van der Waals surface area contributed by atoms with Crippen LogP contribution in [0.3, 0.4) is 0 Å². The molecule has 0 aliphatic carbocycles. The van der Waals surface area contributed by atoms with Crippen molar-refractivity contribution in [2.24, 2.45) is 0 Å². The molecule has 1 N–H and O–H groups in total. The van der Waals surface area contributed by atoms with Gasteiger partial charge in [-0.15, -0.1) is 0 Å². The number of carbonyl (C=O) groups is 1. The van der Waals surface area contributed by atoms with E-state index in [2.05, 4.69) is 31.2 Å².